The molecule has 20 heavy (non-hydrogen) atoms. The molecule has 0 aliphatic heterocycles. The zero-order chi connectivity index (χ0) is 14.4. The normalized spacial score (nSPS) is 11.9. The molecule has 0 saturated heterocycles. The maximum Gasteiger partial charge on any atom is 0.237 e. The number of hydrogen-bond donors (Lipinski definition) is 2. The number of rotatable bonds is 5. The van der Waals surface area contributed by atoms with Crippen molar-refractivity contribution in [2.24, 2.45) is 5.73 Å². The van der Waals surface area contributed by atoms with E-state index in [-0.39, 0.29) is 5.91 Å². The molecule has 2 aromatic carbocycles. The molecule has 0 aliphatic carbocycles. The van der Waals surface area contributed by atoms with Gasteiger partial charge in [0.05, 0.1) is 6.04 Å². The molecular formula is C17H20N2O. The van der Waals surface area contributed by atoms with E-state index in [4.69, 9.17) is 5.73 Å². The minimum atomic E-state index is -0.512. The average molecular weight is 268 g/mol. The predicted molar refractivity (Wildman–Crippen MR) is 81.1 cm³/mol. The second-order valence-electron chi connectivity index (χ2n) is 5.00. The van der Waals surface area contributed by atoms with Crippen LogP contribution < -0.4 is 11.1 Å². The fourth-order valence-electron chi connectivity index (χ4n) is 2.10. The second-order valence-corrected chi connectivity index (χ2v) is 5.00. The average Bonchev–Trinajstić information content (AvgIpc) is 2.46. The van der Waals surface area contributed by atoms with Crippen molar-refractivity contribution >= 4 is 5.91 Å². The summed E-state index contributed by atoms with van der Waals surface area (Å²) in [6, 6.07) is 17.4. The zero-order valence-corrected chi connectivity index (χ0v) is 11.7. The Balaban J connectivity index is 1.85. The Kier molecular flexibility index (Phi) is 4.91. The van der Waals surface area contributed by atoms with Crippen molar-refractivity contribution < 1.29 is 4.79 Å². The smallest absolute Gasteiger partial charge is 0.237 e. The fraction of sp³-hybridized carbons (Fsp3) is 0.235. The lowest BCUT2D eigenvalue weighted by atomic mass is 10.1. The van der Waals surface area contributed by atoms with E-state index < -0.39 is 6.04 Å². The van der Waals surface area contributed by atoms with Crippen molar-refractivity contribution in [2.75, 3.05) is 0 Å². The van der Waals surface area contributed by atoms with Gasteiger partial charge in [-0.25, -0.2) is 0 Å². The highest BCUT2D eigenvalue weighted by atomic mass is 16.2. The molecule has 1 amide bonds. The summed E-state index contributed by atoms with van der Waals surface area (Å²) in [4.78, 5) is 12.0. The highest BCUT2D eigenvalue weighted by Gasteiger charge is 2.13. The third-order valence-electron chi connectivity index (χ3n) is 3.18. The number of carbonyl (C=O) groups is 1. The molecule has 0 radical (unpaired) electrons. The Bertz CT molecular complexity index is 566. The molecule has 0 saturated carbocycles. The van der Waals surface area contributed by atoms with Crippen LogP contribution in [0.2, 0.25) is 0 Å². The second kappa shape index (κ2) is 6.87. The van der Waals surface area contributed by atoms with Crippen LogP contribution in [0.3, 0.4) is 0 Å². The minimum absolute atomic E-state index is 0.115. The summed E-state index contributed by atoms with van der Waals surface area (Å²) in [6.45, 7) is 2.55. The van der Waals surface area contributed by atoms with E-state index in [2.05, 4.69) is 11.4 Å². The van der Waals surface area contributed by atoms with E-state index in [1.807, 2.05) is 55.5 Å². The molecule has 1 atom stereocenters. The first kappa shape index (κ1) is 14.3. The highest BCUT2D eigenvalue weighted by Crippen LogP contribution is 2.04. The molecule has 2 aromatic rings. The van der Waals surface area contributed by atoms with Crippen molar-refractivity contribution in [3.8, 4) is 0 Å². The summed E-state index contributed by atoms with van der Waals surface area (Å²) in [5, 5.41) is 2.88. The van der Waals surface area contributed by atoms with Crippen molar-refractivity contribution in [3.63, 3.8) is 0 Å². The van der Waals surface area contributed by atoms with E-state index >= 15 is 0 Å². The van der Waals surface area contributed by atoms with Crippen LogP contribution in [0.1, 0.15) is 16.7 Å². The van der Waals surface area contributed by atoms with Crippen molar-refractivity contribution in [2.45, 2.75) is 25.9 Å². The maximum atomic E-state index is 12.0. The lowest BCUT2D eigenvalue weighted by molar-refractivity contribution is -0.122. The van der Waals surface area contributed by atoms with Crippen LogP contribution in [0.5, 0.6) is 0 Å². The first-order valence-electron chi connectivity index (χ1n) is 6.78. The van der Waals surface area contributed by atoms with Gasteiger partial charge in [-0.15, -0.1) is 0 Å². The number of hydrogen-bond acceptors (Lipinski definition) is 2. The van der Waals surface area contributed by atoms with Crippen molar-refractivity contribution in [1.29, 1.82) is 0 Å². The molecule has 1 unspecified atom stereocenters. The Morgan fingerprint density at radius 2 is 1.80 bits per heavy atom. The van der Waals surface area contributed by atoms with Gasteiger partial charge in [0.25, 0.3) is 0 Å². The third-order valence-corrected chi connectivity index (χ3v) is 3.18. The van der Waals surface area contributed by atoms with Crippen LogP contribution in [0, 0.1) is 6.92 Å². The molecule has 0 aromatic heterocycles. The highest BCUT2D eigenvalue weighted by molar-refractivity contribution is 5.81. The fourth-order valence-corrected chi connectivity index (χ4v) is 2.10. The largest absolute Gasteiger partial charge is 0.351 e. The van der Waals surface area contributed by atoms with E-state index in [1.54, 1.807) is 0 Å². The monoisotopic (exact) mass is 268 g/mol. The van der Waals surface area contributed by atoms with E-state index in [0.29, 0.717) is 13.0 Å². The summed E-state index contributed by atoms with van der Waals surface area (Å²) in [5.41, 5.74) is 9.28. The van der Waals surface area contributed by atoms with Gasteiger partial charge in [0.15, 0.2) is 0 Å². The standard InChI is InChI=1S/C17H20N2O/c1-13-6-5-9-15(10-13)12-19-17(20)16(18)11-14-7-3-2-4-8-14/h2-10,16H,11-12,18H2,1H3,(H,19,20). The number of aryl methyl sites for hydroxylation is 1. The van der Waals surface area contributed by atoms with Crippen LogP contribution in [0.4, 0.5) is 0 Å². The summed E-state index contributed by atoms with van der Waals surface area (Å²) < 4.78 is 0. The molecule has 0 spiro atoms. The number of benzene rings is 2. The SMILES string of the molecule is Cc1cccc(CNC(=O)C(N)Cc2ccccc2)c1. The van der Waals surface area contributed by atoms with E-state index in [0.717, 1.165) is 11.1 Å². The van der Waals surface area contributed by atoms with Crippen LogP contribution in [-0.2, 0) is 17.8 Å². The molecule has 3 nitrogen and oxygen atoms in total. The number of carbonyl (C=O) groups excluding carboxylic acids is 1. The number of nitrogens with two attached hydrogens (primary N) is 1. The van der Waals surface area contributed by atoms with Gasteiger partial charge < -0.3 is 11.1 Å². The predicted octanol–water partition coefficient (Wildman–Crippen LogP) is 2.18. The van der Waals surface area contributed by atoms with Gasteiger partial charge in [-0.05, 0) is 24.5 Å². The minimum Gasteiger partial charge on any atom is -0.351 e. The van der Waals surface area contributed by atoms with Crippen LogP contribution in [0.25, 0.3) is 0 Å². The lowest BCUT2D eigenvalue weighted by Crippen LogP contribution is -2.41. The molecule has 0 fully saturated rings. The molecule has 3 N–H and O–H groups in total. The summed E-state index contributed by atoms with van der Waals surface area (Å²) in [6.07, 6.45) is 0.556. The van der Waals surface area contributed by atoms with Gasteiger partial charge in [0.1, 0.15) is 0 Å². The number of amides is 1. The van der Waals surface area contributed by atoms with Gasteiger partial charge in [-0.2, -0.15) is 0 Å². The molecule has 104 valence electrons. The molecule has 0 bridgehead atoms. The van der Waals surface area contributed by atoms with Gasteiger partial charge >= 0.3 is 0 Å². The first-order valence-corrected chi connectivity index (χ1v) is 6.78. The Hall–Kier alpha value is -2.13. The summed E-state index contributed by atoms with van der Waals surface area (Å²) in [7, 11) is 0. The quantitative estimate of drug-likeness (QED) is 0.873. The van der Waals surface area contributed by atoms with Crippen molar-refractivity contribution in [1.82, 2.24) is 5.32 Å². The van der Waals surface area contributed by atoms with Crippen molar-refractivity contribution in [3.05, 3.63) is 71.3 Å². The van der Waals surface area contributed by atoms with Gasteiger partial charge in [0, 0.05) is 6.54 Å². The lowest BCUT2D eigenvalue weighted by Gasteiger charge is -2.12. The van der Waals surface area contributed by atoms with Gasteiger partial charge in [0.2, 0.25) is 5.91 Å². The molecule has 0 heterocycles. The summed E-state index contributed by atoms with van der Waals surface area (Å²) in [5.74, 6) is -0.115. The first-order chi connectivity index (χ1) is 9.65. The molecule has 0 aliphatic rings. The Morgan fingerprint density at radius 3 is 2.50 bits per heavy atom. The third kappa shape index (κ3) is 4.21. The summed E-state index contributed by atoms with van der Waals surface area (Å²) >= 11 is 0. The van der Waals surface area contributed by atoms with E-state index in [1.165, 1.54) is 5.56 Å². The van der Waals surface area contributed by atoms with Gasteiger partial charge in [-0.1, -0.05) is 60.2 Å². The molecule has 2 rings (SSSR count). The maximum absolute atomic E-state index is 12.0. The molecule has 3 heteroatoms. The Morgan fingerprint density at radius 1 is 1.10 bits per heavy atom. The van der Waals surface area contributed by atoms with Crippen LogP contribution in [-0.4, -0.2) is 11.9 Å². The van der Waals surface area contributed by atoms with Crippen LogP contribution in [0.15, 0.2) is 54.6 Å². The topological polar surface area (TPSA) is 55.1 Å². The zero-order valence-electron chi connectivity index (χ0n) is 11.7. The van der Waals surface area contributed by atoms with Crippen LogP contribution >= 0.6 is 0 Å². The molecular weight excluding hydrogens is 248 g/mol. The Labute approximate surface area is 119 Å². The number of nitrogens with one attached hydrogen (secondary N) is 1. The van der Waals surface area contributed by atoms with Gasteiger partial charge in [-0.3, -0.25) is 4.79 Å². The van der Waals surface area contributed by atoms with E-state index in [9.17, 15) is 4.79 Å².